The van der Waals surface area contributed by atoms with Crippen molar-refractivity contribution in [3.8, 4) is 5.75 Å². The van der Waals surface area contributed by atoms with E-state index in [2.05, 4.69) is 5.32 Å². The molecule has 24 heavy (non-hydrogen) atoms. The molecule has 0 aliphatic rings. The topological polar surface area (TPSA) is 71.8 Å². The molecule has 2 rings (SSSR count). The Morgan fingerprint density at radius 1 is 1.25 bits per heavy atom. The highest BCUT2D eigenvalue weighted by molar-refractivity contribution is 6.32. The maximum absolute atomic E-state index is 11.9. The van der Waals surface area contributed by atoms with Gasteiger partial charge in [-0.15, -0.1) is 0 Å². The Balaban J connectivity index is 1.97. The Morgan fingerprint density at radius 2 is 2.00 bits per heavy atom. The van der Waals surface area contributed by atoms with E-state index in [-0.39, 0.29) is 24.2 Å². The van der Waals surface area contributed by atoms with Gasteiger partial charge in [0, 0.05) is 18.8 Å². The van der Waals surface area contributed by atoms with Crippen LogP contribution in [0.2, 0.25) is 5.02 Å². The summed E-state index contributed by atoms with van der Waals surface area (Å²) >= 11 is 6.14. The third kappa shape index (κ3) is 4.52. The number of anilines is 1. The number of ether oxygens (including phenoxy) is 1. The summed E-state index contributed by atoms with van der Waals surface area (Å²) < 4.78 is 10.5. The maximum Gasteiger partial charge on any atom is 0.291 e. The van der Waals surface area contributed by atoms with E-state index < -0.39 is 0 Å². The van der Waals surface area contributed by atoms with Crippen LogP contribution in [0.4, 0.5) is 5.69 Å². The number of hydrogen-bond acceptors (Lipinski definition) is 4. The van der Waals surface area contributed by atoms with E-state index >= 15 is 0 Å². The Bertz CT molecular complexity index is 697. The van der Waals surface area contributed by atoms with Gasteiger partial charge in [0.25, 0.3) is 11.8 Å². The zero-order valence-electron chi connectivity index (χ0n) is 13.5. The second-order valence-corrected chi connectivity index (χ2v) is 5.34. The van der Waals surface area contributed by atoms with Gasteiger partial charge < -0.3 is 19.4 Å². The van der Waals surface area contributed by atoms with E-state index in [1.165, 1.54) is 6.26 Å². The fourth-order valence-corrected chi connectivity index (χ4v) is 2.34. The van der Waals surface area contributed by atoms with Crippen LogP contribution in [0.25, 0.3) is 0 Å². The molecule has 1 N–H and O–H groups in total. The Morgan fingerprint density at radius 3 is 2.58 bits per heavy atom. The molecule has 7 heteroatoms. The number of likely N-dealkylation sites (N-methyl/N-ethyl adjacent to an activating group) is 1. The molecule has 0 bridgehead atoms. The molecule has 0 fully saturated rings. The number of benzene rings is 1. The van der Waals surface area contributed by atoms with Gasteiger partial charge in [0.15, 0.2) is 12.4 Å². The van der Waals surface area contributed by atoms with Crippen molar-refractivity contribution in [2.24, 2.45) is 0 Å². The number of amides is 2. The lowest BCUT2D eigenvalue weighted by Crippen LogP contribution is -2.34. The lowest BCUT2D eigenvalue weighted by molar-refractivity contribution is -0.132. The third-order valence-electron chi connectivity index (χ3n) is 3.40. The number of nitrogens with zero attached hydrogens (tertiary/aromatic N) is 1. The second kappa shape index (κ2) is 8.40. The number of nitrogens with one attached hydrogen (secondary N) is 1. The predicted octanol–water partition coefficient (Wildman–Crippen LogP) is 3.43. The molecule has 128 valence electrons. The first-order valence-corrected chi connectivity index (χ1v) is 7.98. The third-order valence-corrected chi connectivity index (χ3v) is 3.70. The fourth-order valence-electron chi connectivity index (χ4n) is 2.10. The smallest absolute Gasteiger partial charge is 0.291 e. The van der Waals surface area contributed by atoms with Crippen LogP contribution in [-0.4, -0.2) is 36.4 Å². The summed E-state index contributed by atoms with van der Waals surface area (Å²) in [6, 6.07) is 8.00. The second-order valence-electron chi connectivity index (χ2n) is 4.93. The van der Waals surface area contributed by atoms with Crippen LogP contribution >= 0.6 is 11.6 Å². The SMILES string of the molecule is CCN(CC)C(=O)COc1ccc(NC(=O)c2ccco2)cc1Cl. The molecule has 2 aromatic rings. The van der Waals surface area contributed by atoms with Crippen molar-refractivity contribution in [1.29, 1.82) is 0 Å². The van der Waals surface area contributed by atoms with Gasteiger partial charge in [-0.05, 0) is 44.2 Å². The standard InChI is InChI=1S/C17H19ClN2O4/c1-3-20(4-2)16(21)11-24-14-8-7-12(10-13(14)18)19-17(22)15-6-5-9-23-15/h5-10H,3-4,11H2,1-2H3,(H,19,22). The highest BCUT2D eigenvalue weighted by Gasteiger charge is 2.13. The minimum Gasteiger partial charge on any atom is -0.482 e. The quantitative estimate of drug-likeness (QED) is 0.830. The monoisotopic (exact) mass is 350 g/mol. The molecular weight excluding hydrogens is 332 g/mol. The van der Waals surface area contributed by atoms with E-state index in [1.54, 1.807) is 35.2 Å². The highest BCUT2D eigenvalue weighted by atomic mass is 35.5. The van der Waals surface area contributed by atoms with Crippen molar-refractivity contribution in [1.82, 2.24) is 4.90 Å². The first-order valence-electron chi connectivity index (χ1n) is 7.60. The maximum atomic E-state index is 11.9. The normalized spacial score (nSPS) is 10.3. The Kier molecular flexibility index (Phi) is 6.26. The molecule has 1 aromatic heterocycles. The fraction of sp³-hybridized carbons (Fsp3) is 0.294. The van der Waals surface area contributed by atoms with Crippen molar-refractivity contribution >= 4 is 29.1 Å². The van der Waals surface area contributed by atoms with Crippen LogP contribution in [0.15, 0.2) is 41.0 Å². The van der Waals surface area contributed by atoms with Gasteiger partial charge in [-0.3, -0.25) is 9.59 Å². The van der Waals surface area contributed by atoms with E-state index in [4.69, 9.17) is 20.8 Å². The van der Waals surface area contributed by atoms with Gasteiger partial charge in [0.05, 0.1) is 11.3 Å². The predicted molar refractivity (Wildman–Crippen MR) is 91.5 cm³/mol. The van der Waals surface area contributed by atoms with Gasteiger partial charge in [0.2, 0.25) is 0 Å². The largest absolute Gasteiger partial charge is 0.482 e. The summed E-state index contributed by atoms with van der Waals surface area (Å²) in [6.45, 7) is 4.99. The van der Waals surface area contributed by atoms with Crippen molar-refractivity contribution in [3.63, 3.8) is 0 Å². The summed E-state index contributed by atoms with van der Waals surface area (Å²) in [7, 11) is 0. The van der Waals surface area contributed by atoms with Crippen LogP contribution in [-0.2, 0) is 4.79 Å². The Labute approximate surface area is 145 Å². The number of halogens is 1. The molecule has 0 saturated heterocycles. The molecule has 1 heterocycles. The molecule has 0 saturated carbocycles. The van der Waals surface area contributed by atoms with Gasteiger partial charge in [-0.2, -0.15) is 0 Å². The molecule has 6 nitrogen and oxygen atoms in total. The van der Waals surface area contributed by atoms with E-state index in [1.807, 2.05) is 13.8 Å². The zero-order chi connectivity index (χ0) is 17.5. The van der Waals surface area contributed by atoms with Crippen molar-refractivity contribution in [2.75, 3.05) is 25.0 Å². The lowest BCUT2D eigenvalue weighted by Gasteiger charge is -2.19. The van der Waals surface area contributed by atoms with Crippen LogP contribution in [0.5, 0.6) is 5.75 Å². The minimum absolute atomic E-state index is 0.0838. The van der Waals surface area contributed by atoms with Gasteiger partial charge >= 0.3 is 0 Å². The average Bonchev–Trinajstić information content (AvgIpc) is 3.10. The molecule has 1 aromatic carbocycles. The van der Waals surface area contributed by atoms with Gasteiger partial charge in [0.1, 0.15) is 5.75 Å². The molecule has 0 unspecified atom stereocenters. The zero-order valence-corrected chi connectivity index (χ0v) is 14.3. The van der Waals surface area contributed by atoms with E-state index in [9.17, 15) is 9.59 Å². The van der Waals surface area contributed by atoms with Crippen molar-refractivity contribution < 1.29 is 18.7 Å². The van der Waals surface area contributed by atoms with Gasteiger partial charge in [-0.25, -0.2) is 0 Å². The molecule has 0 spiro atoms. The summed E-state index contributed by atoms with van der Waals surface area (Å²) in [6.07, 6.45) is 1.42. The first-order chi connectivity index (χ1) is 11.5. The average molecular weight is 351 g/mol. The number of hydrogen-bond donors (Lipinski definition) is 1. The summed E-state index contributed by atoms with van der Waals surface area (Å²) in [4.78, 5) is 25.5. The highest BCUT2D eigenvalue weighted by Crippen LogP contribution is 2.28. The molecule has 0 aliphatic heterocycles. The van der Waals surface area contributed by atoms with Crippen LogP contribution < -0.4 is 10.1 Å². The number of carbonyl (C=O) groups is 2. The van der Waals surface area contributed by atoms with Crippen LogP contribution in [0, 0.1) is 0 Å². The molecule has 0 radical (unpaired) electrons. The molecule has 2 amide bonds. The molecule has 0 aliphatic carbocycles. The number of carbonyl (C=O) groups excluding carboxylic acids is 2. The van der Waals surface area contributed by atoms with Crippen molar-refractivity contribution in [2.45, 2.75) is 13.8 Å². The summed E-state index contributed by atoms with van der Waals surface area (Å²) in [5, 5.41) is 2.97. The Hall–Kier alpha value is -2.47. The molecule has 0 atom stereocenters. The first kappa shape index (κ1) is 17.9. The van der Waals surface area contributed by atoms with Crippen LogP contribution in [0.1, 0.15) is 24.4 Å². The number of rotatable bonds is 7. The summed E-state index contributed by atoms with van der Waals surface area (Å²) in [5.41, 5.74) is 0.504. The van der Waals surface area contributed by atoms with E-state index in [0.29, 0.717) is 29.5 Å². The lowest BCUT2D eigenvalue weighted by atomic mass is 10.3. The van der Waals surface area contributed by atoms with Crippen LogP contribution in [0.3, 0.4) is 0 Å². The summed E-state index contributed by atoms with van der Waals surface area (Å²) in [5.74, 6) is 0.108. The minimum atomic E-state index is -0.374. The molecular formula is C17H19ClN2O4. The van der Waals surface area contributed by atoms with Crippen molar-refractivity contribution in [3.05, 3.63) is 47.4 Å². The van der Waals surface area contributed by atoms with E-state index in [0.717, 1.165) is 0 Å². The van der Waals surface area contributed by atoms with Gasteiger partial charge in [-0.1, -0.05) is 11.6 Å². The number of furan rings is 1.